The molecule has 0 amide bonds. The number of nitriles is 1. The number of nitrogens with zero attached hydrogens (tertiary/aromatic N) is 1. The third kappa shape index (κ3) is 2.47. The van der Waals surface area contributed by atoms with Gasteiger partial charge in [0.05, 0.1) is 14.2 Å². The van der Waals surface area contributed by atoms with Crippen molar-refractivity contribution < 1.29 is 14.3 Å². The van der Waals surface area contributed by atoms with Crippen LogP contribution in [0.2, 0.25) is 0 Å². The molecule has 0 saturated heterocycles. The van der Waals surface area contributed by atoms with Gasteiger partial charge in [-0.25, -0.2) is 4.79 Å². The lowest BCUT2D eigenvalue weighted by atomic mass is 10.0. The van der Waals surface area contributed by atoms with Crippen molar-refractivity contribution in [3.05, 3.63) is 47.5 Å². The smallest absolute Gasteiger partial charge is 0.348 e. The van der Waals surface area contributed by atoms with Crippen molar-refractivity contribution in [2.45, 2.75) is 0 Å². The second kappa shape index (κ2) is 5.89. The van der Waals surface area contributed by atoms with E-state index in [1.807, 2.05) is 30.3 Å². The van der Waals surface area contributed by atoms with Gasteiger partial charge in [0.1, 0.15) is 17.4 Å². The molecular weight excluding hydrogens is 254 g/mol. The molecule has 0 bridgehead atoms. The lowest BCUT2D eigenvalue weighted by Crippen LogP contribution is -2.02. The second-order valence-corrected chi connectivity index (χ2v) is 4.06. The van der Waals surface area contributed by atoms with Crippen molar-refractivity contribution in [3.63, 3.8) is 0 Å². The van der Waals surface area contributed by atoms with Crippen molar-refractivity contribution in [2.75, 3.05) is 14.2 Å². The zero-order valence-corrected chi connectivity index (χ0v) is 11.2. The Morgan fingerprint density at radius 2 is 1.85 bits per heavy atom. The van der Waals surface area contributed by atoms with Crippen LogP contribution in [0.3, 0.4) is 0 Å². The topological polar surface area (TPSA) is 59.3 Å². The molecule has 2 aromatic rings. The molecule has 2 aromatic carbocycles. The monoisotopic (exact) mass is 267 g/mol. The number of hydrogen-bond donors (Lipinski definition) is 0. The fraction of sp³-hybridized carbons (Fsp3) is 0.125. The molecule has 20 heavy (non-hydrogen) atoms. The third-order valence-electron chi connectivity index (χ3n) is 2.96. The van der Waals surface area contributed by atoms with Crippen LogP contribution in [0.5, 0.6) is 5.75 Å². The first-order chi connectivity index (χ1) is 9.71. The fourth-order valence-corrected chi connectivity index (χ4v) is 2.00. The summed E-state index contributed by atoms with van der Waals surface area (Å²) in [5.74, 6) is 0.0988. The molecule has 0 atom stereocenters. The van der Waals surface area contributed by atoms with Crippen LogP contribution < -0.4 is 4.74 Å². The van der Waals surface area contributed by atoms with E-state index in [0.717, 1.165) is 22.1 Å². The van der Waals surface area contributed by atoms with Crippen LogP contribution in [0, 0.1) is 11.3 Å². The number of ether oxygens (including phenoxy) is 2. The Bertz CT molecular complexity index is 726. The lowest BCUT2D eigenvalue weighted by molar-refractivity contribution is -0.135. The molecule has 4 heteroatoms. The van der Waals surface area contributed by atoms with Gasteiger partial charge in [-0.3, -0.25) is 0 Å². The van der Waals surface area contributed by atoms with E-state index in [0.29, 0.717) is 0 Å². The van der Waals surface area contributed by atoms with Gasteiger partial charge < -0.3 is 9.47 Å². The highest BCUT2D eigenvalue weighted by Crippen LogP contribution is 2.29. The van der Waals surface area contributed by atoms with Crippen LogP contribution in [-0.2, 0) is 9.53 Å². The van der Waals surface area contributed by atoms with E-state index in [9.17, 15) is 4.79 Å². The fourth-order valence-electron chi connectivity index (χ4n) is 2.00. The zero-order valence-electron chi connectivity index (χ0n) is 11.2. The van der Waals surface area contributed by atoms with Crippen molar-refractivity contribution >= 4 is 22.8 Å². The predicted molar refractivity (Wildman–Crippen MR) is 76.1 cm³/mol. The van der Waals surface area contributed by atoms with E-state index in [4.69, 9.17) is 10.00 Å². The standard InChI is InChI=1S/C16H13NO3/c1-19-15-8-7-11(9-12(10-17)16(18)20-2)13-5-3-4-6-14(13)15/h3-9H,1-2H3/b12-9-. The SMILES string of the molecule is COC(=O)/C(C#N)=C\c1ccc(OC)c2ccccc12. The van der Waals surface area contributed by atoms with Crippen molar-refractivity contribution in [3.8, 4) is 11.8 Å². The number of rotatable bonds is 3. The van der Waals surface area contributed by atoms with Gasteiger partial charge in [0.15, 0.2) is 0 Å². The normalized spacial score (nSPS) is 10.9. The van der Waals surface area contributed by atoms with Crippen molar-refractivity contribution in [1.29, 1.82) is 5.26 Å². The maximum Gasteiger partial charge on any atom is 0.348 e. The molecule has 0 aliphatic carbocycles. The Labute approximate surface area is 116 Å². The second-order valence-electron chi connectivity index (χ2n) is 4.06. The van der Waals surface area contributed by atoms with E-state index in [1.165, 1.54) is 13.2 Å². The minimum Gasteiger partial charge on any atom is -0.496 e. The van der Waals surface area contributed by atoms with Gasteiger partial charge >= 0.3 is 5.97 Å². The molecule has 0 aliphatic rings. The Morgan fingerprint density at radius 3 is 2.45 bits per heavy atom. The van der Waals surface area contributed by atoms with Gasteiger partial charge in [-0.15, -0.1) is 0 Å². The summed E-state index contributed by atoms with van der Waals surface area (Å²) in [6.07, 6.45) is 1.52. The average molecular weight is 267 g/mol. The number of methoxy groups -OCH3 is 2. The number of hydrogen-bond acceptors (Lipinski definition) is 4. The number of carbonyl (C=O) groups is 1. The van der Waals surface area contributed by atoms with Gasteiger partial charge in [0.2, 0.25) is 0 Å². The maximum atomic E-state index is 11.5. The molecule has 0 saturated carbocycles. The number of fused-ring (bicyclic) bond motifs is 1. The zero-order chi connectivity index (χ0) is 14.5. The van der Waals surface area contributed by atoms with E-state index < -0.39 is 5.97 Å². The lowest BCUT2D eigenvalue weighted by Gasteiger charge is -2.08. The minimum absolute atomic E-state index is 0.0391. The average Bonchev–Trinajstić information content (AvgIpc) is 2.51. The minimum atomic E-state index is -0.646. The molecule has 0 radical (unpaired) electrons. The van der Waals surface area contributed by atoms with Crippen LogP contribution in [-0.4, -0.2) is 20.2 Å². The van der Waals surface area contributed by atoms with Gasteiger partial charge in [0.25, 0.3) is 0 Å². The number of benzene rings is 2. The first-order valence-corrected chi connectivity index (χ1v) is 5.97. The highest BCUT2D eigenvalue weighted by atomic mass is 16.5. The molecule has 0 aromatic heterocycles. The molecule has 0 spiro atoms. The highest BCUT2D eigenvalue weighted by molar-refractivity contribution is 6.02. The Morgan fingerprint density at radius 1 is 1.15 bits per heavy atom. The van der Waals surface area contributed by atoms with Crippen molar-refractivity contribution in [2.24, 2.45) is 0 Å². The van der Waals surface area contributed by atoms with Gasteiger partial charge in [-0.2, -0.15) is 5.26 Å². The van der Waals surface area contributed by atoms with E-state index in [-0.39, 0.29) is 5.57 Å². The van der Waals surface area contributed by atoms with Gasteiger partial charge in [-0.1, -0.05) is 30.3 Å². The van der Waals surface area contributed by atoms with Crippen molar-refractivity contribution in [1.82, 2.24) is 0 Å². The first kappa shape index (κ1) is 13.6. The van der Waals surface area contributed by atoms with E-state index in [1.54, 1.807) is 19.2 Å². The molecule has 0 N–H and O–H groups in total. The van der Waals surface area contributed by atoms with Crippen LogP contribution in [0.25, 0.3) is 16.8 Å². The summed E-state index contributed by atoms with van der Waals surface area (Å²) in [6.45, 7) is 0. The third-order valence-corrected chi connectivity index (χ3v) is 2.96. The van der Waals surface area contributed by atoms with Gasteiger partial charge in [-0.05, 0) is 23.1 Å². The number of carbonyl (C=O) groups excluding carboxylic acids is 1. The molecule has 4 nitrogen and oxygen atoms in total. The Kier molecular flexibility index (Phi) is 4.02. The summed E-state index contributed by atoms with van der Waals surface area (Å²) in [7, 11) is 2.85. The summed E-state index contributed by atoms with van der Waals surface area (Å²) in [4.78, 5) is 11.5. The molecule has 0 unspecified atom stereocenters. The van der Waals surface area contributed by atoms with Crippen LogP contribution >= 0.6 is 0 Å². The quantitative estimate of drug-likeness (QED) is 0.487. The molecule has 0 aliphatic heterocycles. The Balaban J connectivity index is 2.65. The van der Waals surface area contributed by atoms with E-state index >= 15 is 0 Å². The predicted octanol–water partition coefficient (Wildman–Crippen LogP) is 2.93. The molecular formula is C16H13NO3. The summed E-state index contributed by atoms with van der Waals surface area (Å²) >= 11 is 0. The molecule has 0 heterocycles. The van der Waals surface area contributed by atoms with Crippen LogP contribution in [0.15, 0.2) is 42.0 Å². The Hall–Kier alpha value is -2.80. The van der Waals surface area contributed by atoms with Gasteiger partial charge in [0, 0.05) is 5.39 Å². The maximum absolute atomic E-state index is 11.5. The van der Waals surface area contributed by atoms with Crippen LogP contribution in [0.1, 0.15) is 5.56 Å². The van der Waals surface area contributed by atoms with Crippen LogP contribution in [0.4, 0.5) is 0 Å². The highest BCUT2D eigenvalue weighted by Gasteiger charge is 2.11. The molecule has 100 valence electrons. The summed E-state index contributed by atoms with van der Waals surface area (Å²) in [6, 6.07) is 13.1. The van der Waals surface area contributed by atoms with E-state index in [2.05, 4.69) is 4.74 Å². The summed E-state index contributed by atoms with van der Waals surface area (Å²) < 4.78 is 9.88. The molecule has 2 rings (SSSR count). The largest absolute Gasteiger partial charge is 0.496 e. The number of esters is 1. The summed E-state index contributed by atoms with van der Waals surface area (Å²) in [5.41, 5.74) is 0.728. The first-order valence-electron chi connectivity index (χ1n) is 5.97. The summed E-state index contributed by atoms with van der Waals surface area (Å²) in [5, 5.41) is 10.8. The molecule has 0 fully saturated rings.